The van der Waals surface area contributed by atoms with E-state index >= 15 is 0 Å². The van der Waals surface area contributed by atoms with Gasteiger partial charge in [-0.05, 0) is 33.1 Å². The van der Waals surface area contributed by atoms with E-state index in [2.05, 4.69) is 26.1 Å². The van der Waals surface area contributed by atoms with Crippen LogP contribution < -0.4 is 5.32 Å². The van der Waals surface area contributed by atoms with Gasteiger partial charge in [-0.15, -0.1) is 0 Å². The third kappa shape index (κ3) is 5.56. The van der Waals surface area contributed by atoms with Crippen LogP contribution in [-0.4, -0.2) is 23.3 Å². The summed E-state index contributed by atoms with van der Waals surface area (Å²) in [4.78, 5) is 0. The molecule has 0 saturated heterocycles. The second-order valence-electron chi connectivity index (χ2n) is 4.23. The Balaban J connectivity index is 3.61. The predicted octanol–water partition coefficient (Wildman–Crippen LogP) is 1.78. The molecular formula is C10H23NO. The van der Waals surface area contributed by atoms with Gasteiger partial charge in [0, 0.05) is 12.1 Å². The standard InChI is InChI=1S/C10H23NO/c1-7(2)6-8(3)11-9(4)10(5)12/h7-12H,6H2,1-5H3/t8-,9?,10?/m1/s1. The maximum Gasteiger partial charge on any atom is 0.0662 e. The topological polar surface area (TPSA) is 32.3 Å². The fraction of sp³-hybridized carbons (Fsp3) is 1.00. The number of hydrogen-bond acceptors (Lipinski definition) is 2. The van der Waals surface area contributed by atoms with E-state index in [1.54, 1.807) is 0 Å². The third-order valence-corrected chi connectivity index (χ3v) is 2.10. The van der Waals surface area contributed by atoms with Crippen molar-refractivity contribution in [2.24, 2.45) is 5.92 Å². The molecule has 0 aliphatic heterocycles. The van der Waals surface area contributed by atoms with E-state index in [-0.39, 0.29) is 12.1 Å². The summed E-state index contributed by atoms with van der Waals surface area (Å²) in [6.45, 7) is 10.4. The van der Waals surface area contributed by atoms with Crippen molar-refractivity contribution in [3.63, 3.8) is 0 Å². The second kappa shape index (κ2) is 5.55. The Morgan fingerprint density at radius 3 is 1.92 bits per heavy atom. The smallest absolute Gasteiger partial charge is 0.0662 e. The summed E-state index contributed by atoms with van der Waals surface area (Å²) in [6, 6.07) is 0.688. The van der Waals surface area contributed by atoms with Gasteiger partial charge >= 0.3 is 0 Å². The quantitative estimate of drug-likeness (QED) is 0.664. The monoisotopic (exact) mass is 173 g/mol. The highest BCUT2D eigenvalue weighted by molar-refractivity contribution is 4.72. The van der Waals surface area contributed by atoms with E-state index in [9.17, 15) is 5.11 Å². The van der Waals surface area contributed by atoms with Crippen LogP contribution in [0.4, 0.5) is 0 Å². The Morgan fingerprint density at radius 1 is 1.08 bits per heavy atom. The van der Waals surface area contributed by atoms with Crippen molar-refractivity contribution < 1.29 is 5.11 Å². The van der Waals surface area contributed by atoms with Crippen LogP contribution in [0, 0.1) is 5.92 Å². The van der Waals surface area contributed by atoms with Gasteiger partial charge in [0.25, 0.3) is 0 Å². The minimum atomic E-state index is -0.264. The molecule has 0 spiro atoms. The third-order valence-electron chi connectivity index (χ3n) is 2.10. The predicted molar refractivity (Wildman–Crippen MR) is 53.2 cm³/mol. The molecule has 0 aromatic carbocycles. The average molecular weight is 173 g/mol. The number of hydrogen-bond donors (Lipinski definition) is 2. The number of aliphatic hydroxyl groups excluding tert-OH is 1. The summed E-state index contributed by atoms with van der Waals surface area (Å²) in [5.74, 6) is 0.716. The highest BCUT2D eigenvalue weighted by atomic mass is 16.3. The van der Waals surface area contributed by atoms with Crippen LogP contribution in [0.15, 0.2) is 0 Å². The van der Waals surface area contributed by atoms with Crippen LogP contribution in [-0.2, 0) is 0 Å². The molecule has 3 atom stereocenters. The molecule has 0 fully saturated rings. The molecule has 0 amide bonds. The summed E-state index contributed by atoms with van der Waals surface area (Å²) in [7, 11) is 0. The van der Waals surface area contributed by atoms with Gasteiger partial charge in [0.1, 0.15) is 0 Å². The van der Waals surface area contributed by atoms with Crippen molar-refractivity contribution in [2.75, 3.05) is 0 Å². The number of nitrogens with one attached hydrogen (secondary N) is 1. The van der Waals surface area contributed by atoms with E-state index < -0.39 is 0 Å². The molecule has 12 heavy (non-hydrogen) atoms. The molecule has 2 heteroatoms. The first kappa shape index (κ1) is 11.9. The van der Waals surface area contributed by atoms with Crippen molar-refractivity contribution >= 4 is 0 Å². The van der Waals surface area contributed by atoms with Gasteiger partial charge in [-0.25, -0.2) is 0 Å². The van der Waals surface area contributed by atoms with Gasteiger partial charge in [0.2, 0.25) is 0 Å². The highest BCUT2D eigenvalue weighted by Crippen LogP contribution is 2.05. The summed E-state index contributed by atoms with van der Waals surface area (Å²) >= 11 is 0. The Labute approximate surface area is 76.4 Å². The van der Waals surface area contributed by atoms with Crippen molar-refractivity contribution in [1.29, 1.82) is 0 Å². The van der Waals surface area contributed by atoms with Gasteiger partial charge in [-0.3, -0.25) is 0 Å². The van der Waals surface area contributed by atoms with Crippen molar-refractivity contribution in [3.8, 4) is 0 Å². The molecule has 0 rings (SSSR count). The van der Waals surface area contributed by atoms with E-state index in [1.165, 1.54) is 0 Å². The Hall–Kier alpha value is -0.0800. The minimum absolute atomic E-state index is 0.193. The van der Waals surface area contributed by atoms with Crippen LogP contribution in [0.1, 0.15) is 41.0 Å². The summed E-state index contributed by atoms with van der Waals surface area (Å²) in [6.07, 6.45) is 0.900. The van der Waals surface area contributed by atoms with Gasteiger partial charge < -0.3 is 10.4 Å². The summed E-state index contributed by atoms with van der Waals surface area (Å²) in [5, 5.41) is 12.6. The summed E-state index contributed by atoms with van der Waals surface area (Å²) < 4.78 is 0. The van der Waals surface area contributed by atoms with Gasteiger partial charge in [0.15, 0.2) is 0 Å². The average Bonchev–Trinajstić information content (AvgIpc) is 1.84. The van der Waals surface area contributed by atoms with Crippen molar-refractivity contribution in [3.05, 3.63) is 0 Å². The van der Waals surface area contributed by atoms with Crippen LogP contribution >= 0.6 is 0 Å². The molecule has 74 valence electrons. The van der Waals surface area contributed by atoms with Gasteiger partial charge in [-0.2, -0.15) is 0 Å². The van der Waals surface area contributed by atoms with E-state index in [0.29, 0.717) is 12.0 Å². The number of rotatable bonds is 5. The molecular weight excluding hydrogens is 150 g/mol. The molecule has 2 N–H and O–H groups in total. The lowest BCUT2D eigenvalue weighted by atomic mass is 10.0. The first-order chi connectivity index (χ1) is 5.43. The molecule has 2 unspecified atom stereocenters. The Bertz CT molecular complexity index is 112. The molecule has 2 nitrogen and oxygen atoms in total. The van der Waals surface area contributed by atoms with Crippen LogP contribution in [0.5, 0.6) is 0 Å². The molecule has 0 radical (unpaired) electrons. The molecule has 0 aromatic heterocycles. The summed E-state index contributed by atoms with van der Waals surface area (Å²) in [5.41, 5.74) is 0. The van der Waals surface area contributed by atoms with Crippen molar-refractivity contribution in [2.45, 2.75) is 59.2 Å². The zero-order valence-electron chi connectivity index (χ0n) is 8.96. The fourth-order valence-corrected chi connectivity index (χ4v) is 1.36. The Kier molecular flexibility index (Phi) is 5.51. The zero-order valence-corrected chi connectivity index (χ0v) is 8.96. The van der Waals surface area contributed by atoms with E-state index in [1.807, 2.05) is 13.8 Å². The first-order valence-corrected chi connectivity index (χ1v) is 4.87. The Morgan fingerprint density at radius 2 is 1.58 bits per heavy atom. The molecule has 0 heterocycles. The lowest BCUT2D eigenvalue weighted by Gasteiger charge is -2.23. The number of aliphatic hydroxyl groups is 1. The fourth-order valence-electron chi connectivity index (χ4n) is 1.36. The normalized spacial score (nSPS) is 19.2. The second-order valence-corrected chi connectivity index (χ2v) is 4.23. The molecule has 0 aliphatic carbocycles. The van der Waals surface area contributed by atoms with E-state index in [4.69, 9.17) is 0 Å². The maximum atomic E-state index is 9.24. The molecule has 0 aromatic rings. The van der Waals surface area contributed by atoms with Crippen molar-refractivity contribution in [1.82, 2.24) is 5.32 Å². The van der Waals surface area contributed by atoms with Crippen LogP contribution in [0.25, 0.3) is 0 Å². The van der Waals surface area contributed by atoms with Crippen LogP contribution in [0.2, 0.25) is 0 Å². The zero-order chi connectivity index (χ0) is 9.72. The minimum Gasteiger partial charge on any atom is -0.392 e. The SMILES string of the molecule is CC(C)C[C@@H](C)NC(C)C(C)O. The lowest BCUT2D eigenvalue weighted by molar-refractivity contribution is 0.145. The largest absolute Gasteiger partial charge is 0.392 e. The molecule has 0 saturated carbocycles. The maximum absolute atomic E-state index is 9.24. The van der Waals surface area contributed by atoms with Crippen LogP contribution in [0.3, 0.4) is 0 Å². The van der Waals surface area contributed by atoms with Gasteiger partial charge in [-0.1, -0.05) is 13.8 Å². The lowest BCUT2D eigenvalue weighted by Crippen LogP contribution is -2.41. The van der Waals surface area contributed by atoms with E-state index in [0.717, 1.165) is 6.42 Å². The molecule has 0 bridgehead atoms. The first-order valence-electron chi connectivity index (χ1n) is 4.87. The molecule has 0 aliphatic rings. The van der Waals surface area contributed by atoms with Gasteiger partial charge in [0.05, 0.1) is 6.10 Å². The highest BCUT2D eigenvalue weighted by Gasteiger charge is 2.12.